The van der Waals surface area contributed by atoms with Crippen molar-refractivity contribution < 1.29 is 35.3 Å². The van der Waals surface area contributed by atoms with Gasteiger partial charge in [-0.25, -0.2) is 16.8 Å². The Kier molecular flexibility index (Phi) is 9.64. The smallest absolute Gasteiger partial charge is 0.301 e. The Morgan fingerprint density at radius 2 is 1.04 bits per heavy atom. The van der Waals surface area contributed by atoms with Gasteiger partial charge in [-0.2, -0.15) is 9.97 Å². The second-order valence-corrected chi connectivity index (χ2v) is 15.5. The zero-order valence-electron chi connectivity index (χ0n) is 22.6. The molecule has 0 bridgehead atoms. The number of nitrogens with zero attached hydrogens (tertiary/aromatic N) is 4. The molecule has 5 rings (SSSR count). The van der Waals surface area contributed by atoms with Crippen LogP contribution in [0.3, 0.4) is 0 Å². The predicted octanol–water partition coefficient (Wildman–Crippen LogP) is 4.26. The van der Waals surface area contributed by atoms with Gasteiger partial charge in [-0.15, -0.1) is 10.2 Å². The molecule has 5 aromatic rings. The lowest BCUT2D eigenvalue weighted by atomic mass is 10.2. The molecule has 0 aliphatic heterocycles. The predicted molar refractivity (Wildman–Crippen MR) is 166 cm³/mol. The second kappa shape index (κ2) is 13.5. The molecule has 234 valence electrons. The number of amides is 2. The van der Waals surface area contributed by atoms with Crippen LogP contribution < -0.4 is 10.6 Å². The lowest BCUT2D eigenvalue weighted by Crippen LogP contribution is -2.24. The summed E-state index contributed by atoms with van der Waals surface area (Å²) in [5.41, 5.74) is 2.15. The third-order valence-corrected chi connectivity index (χ3v) is 10.3. The van der Waals surface area contributed by atoms with Crippen LogP contribution in [0.4, 0.5) is 12.0 Å². The van der Waals surface area contributed by atoms with E-state index in [4.69, 9.17) is 32.0 Å². The first kappa shape index (κ1) is 32.2. The van der Waals surface area contributed by atoms with Crippen LogP contribution >= 0.6 is 34.5 Å². The zero-order valence-corrected chi connectivity index (χ0v) is 26.6. The number of aromatic nitrogens is 4. The van der Waals surface area contributed by atoms with E-state index in [1.54, 1.807) is 48.5 Å². The van der Waals surface area contributed by atoms with Crippen LogP contribution in [0.1, 0.15) is 10.0 Å². The number of carbonyl (C=O) groups excluding carboxylic acids is 2. The summed E-state index contributed by atoms with van der Waals surface area (Å²) in [6.07, 6.45) is 2.58. The van der Waals surface area contributed by atoms with Crippen molar-refractivity contribution in [3.8, 4) is 22.5 Å². The Morgan fingerprint density at radius 1 is 0.667 bits per heavy atom. The number of hydrogen-bond acceptors (Lipinski definition) is 13. The Balaban J connectivity index is 1.11. The number of hydrogen-bond donors (Lipinski definition) is 2. The van der Waals surface area contributed by atoms with E-state index in [2.05, 4.69) is 30.8 Å². The molecular formula is C26H20Cl2N6O8S3. The highest BCUT2D eigenvalue weighted by Gasteiger charge is 2.24. The van der Waals surface area contributed by atoms with E-state index in [-0.39, 0.29) is 22.0 Å². The fourth-order valence-electron chi connectivity index (χ4n) is 3.76. The Morgan fingerprint density at radius 3 is 1.42 bits per heavy atom. The minimum atomic E-state index is -4.03. The van der Waals surface area contributed by atoms with Gasteiger partial charge in [0.15, 0.2) is 19.7 Å². The second-order valence-electron chi connectivity index (χ2n) is 9.34. The van der Waals surface area contributed by atoms with Crippen molar-refractivity contribution in [3.05, 3.63) is 81.1 Å². The van der Waals surface area contributed by atoms with E-state index in [9.17, 15) is 26.4 Å². The summed E-state index contributed by atoms with van der Waals surface area (Å²) in [5, 5.41) is 13.0. The largest absolute Gasteiger partial charge is 0.431 e. The van der Waals surface area contributed by atoms with Crippen molar-refractivity contribution in [2.75, 3.05) is 22.1 Å². The normalized spacial score (nSPS) is 11.8. The van der Waals surface area contributed by atoms with Crippen LogP contribution in [0.25, 0.3) is 22.5 Å². The van der Waals surface area contributed by atoms with Crippen LogP contribution in [-0.4, -0.2) is 60.3 Å². The van der Waals surface area contributed by atoms with Crippen LogP contribution in [0.5, 0.6) is 0 Å². The lowest BCUT2D eigenvalue weighted by Gasteiger charge is -2.02. The minimum Gasteiger partial charge on any atom is -0.431 e. The van der Waals surface area contributed by atoms with Gasteiger partial charge in [0.1, 0.15) is 56.9 Å². The highest BCUT2D eigenvalue weighted by atomic mass is 35.5. The molecular weight excluding hydrogens is 691 g/mol. The molecule has 0 unspecified atom stereocenters. The fourth-order valence-corrected chi connectivity index (χ4v) is 8.01. The first-order valence-corrected chi connectivity index (χ1v) is 17.8. The quantitative estimate of drug-likeness (QED) is 0.186. The molecule has 0 spiro atoms. The summed E-state index contributed by atoms with van der Waals surface area (Å²) in [5.74, 6) is -4.96. The number of rotatable bonds is 12. The van der Waals surface area contributed by atoms with Crippen LogP contribution in [0.15, 0.2) is 69.9 Å². The molecule has 0 atom stereocenters. The van der Waals surface area contributed by atoms with E-state index in [1.807, 2.05) is 0 Å². The van der Waals surface area contributed by atoms with E-state index in [0.717, 1.165) is 11.3 Å². The molecule has 0 aliphatic carbocycles. The molecule has 0 aliphatic rings. The van der Waals surface area contributed by atoms with Crippen molar-refractivity contribution in [1.82, 2.24) is 20.2 Å². The topological polar surface area (TPSA) is 204 Å². The number of anilines is 2. The Labute approximate surface area is 269 Å². The molecule has 2 N–H and O–H groups in total. The zero-order chi connectivity index (χ0) is 32.2. The number of carbonyl (C=O) groups is 2. The fraction of sp³-hybridized carbons (Fsp3) is 0.154. The van der Waals surface area contributed by atoms with Gasteiger partial charge < -0.3 is 8.83 Å². The summed E-state index contributed by atoms with van der Waals surface area (Å²) in [4.78, 5) is 32.9. The van der Waals surface area contributed by atoms with Crippen LogP contribution in [0, 0.1) is 0 Å². The number of sulfone groups is 2. The number of halogens is 2. The molecule has 45 heavy (non-hydrogen) atoms. The number of oxazole rings is 2. The van der Waals surface area contributed by atoms with Gasteiger partial charge in [0.25, 0.3) is 0 Å². The van der Waals surface area contributed by atoms with E-state index in [1.165, 1.54) is 12.5 Å². The summed E-state index contributed by atoms with van der Waals surface area (Å²) < 4.78 is 60.8. The van der Waals surface area contributed by atoms with E-state index in [0.29, 0.717) is 32.6 Å². The van der Waals surface area contributed by atoms with Crippen molar-refractivity contribution in [2.45, 2.75) is 11.5 Å². The van der Waals surface area contributed by atoms with Crippen molar-refractivity contribution in [1.29, 1.82) is 0 Å². The van der Waals surface area contributed by atoms with Crippen molar-refractivity contribution >= 4 is 78.1 Å². The minimum absolute atomic E-state index is 0.0342. The maximum absolute atomic E-state index is 12.6. The molecule has 0 radical (unpaired) electrons. The molecule has 0 fully saturated rings. The van der Waals surface area contributed by atoms with E-state index < -0.39 is 54.5 Å². The standard InChI is InChI=1S/C26H20Cl2N6O8S3/c27-17-5-1-15(2-6-17)19-9-41-25(29-19)31-21(35)11-44(37,38)13-23-33-34-24(43-23)14-45(39,40)12-22(36)32-26-30-20(10-42-26)16-3-7-18(28)8-4-16/h1-10H,11-14H2,(H,29,31,35)(H,30,32,36). The van der Waals surface area contributed by atoms with E-state index >= 15 is 0 Å². The Bertz CT molecular complexity index is 1910. The van der Waals surface area contributed by atoms with Gasteiger partial charge in [0.05, 0.1) is 0 Å². The van der Waals surface area contributed by atoms with Crippen molar-refractivity contribution in [2.24, 2.45) is 0 Å². The maximum atomic E-state index is 12.6. The van der Waals surface area contributed by atoms with Gasteiger partial charge in [-0.05, 0) is 24.3 Å². The summed E-state index contributed by atoms with van der Waals surface area (Å²) >= 11 is 12.5. The van der Waals surface area contributed by atoms with Gasteiger partial charge in [0, 0.05) is 21.2 Å². The summed E-state index contributed by atoms with van der Waals surface area (Å²) in [7, 11) is -8.07. The molecule has 2 amide bonds. The molecule has 3 aromatic heterocycles. The third kappa shape index (κ3) is 9.18. The van der Waals surface area contributed by atoms with Gasteiger partial charge in [0.2, 0.25) is 11.8 Å². The lowest BCUT2D eigenvalue weighted by molar-refractivity contribution is -0.114. The number of benzene rings is 2. The van der Waals surface area contributed by atoms with Crippen LogP contribution in [0.2, 0.25) is 10.0 Å². The summed E-state index contributed by atoms with van der Waals surface area (Å²) in [6.45, 7) is 0. The Hall–Kier alpha value is -4.16. The molecule has 19 heteroatoms. The average Bonchev–Trinajstić information content (AvgIpc) is 3.70. The molecule has 2 aromatic carbocycles. The van der Waals surface area contributed by atoms with Gasteiger partial charge in [-0.1, -0.05) is 58.8 Å². The molecule has 0 saturated heterocycles. The van der Waals surface area contributed by atoms with Crippen molar-refractivity contribution in [3.63, 3.8) is 0 Å². The SMILES string of the molecule is O=C(CS(=O)(=O)Cc1nnc(CS(=O)(=O)CC(=O)Nc2nc(-c3ccc(Cl)cc3)co2)s1)Nc1nc(-c2ccc(Cl)cc2)co1. The number of nitrogens with one attached hydrogen (secondary N) is 2. The monoisotopic (exact) mass is 710 g/mol. The first-order chi connectivity index (χ1) is 21.3. The van der Waals surface area contributed by atoms with Gasteiger partial charge in [-0.3, -0.25) is 20.2 Å². The maximum Gasteiger partial charge on any atom is 0.301 e. The third-order valence-electron chi connectivity index (χ3n) is 5.68. The molecule has 14 nitrogen and oxygen atoms in total. The highest BCUT2D eigenvalue weighted by Crippen LogP contribution is 2.24. The summed E-state index contributed by atoms with van der Waals surface area (Å²) in [6, 6.07) is 13.0. The van der Waals surface area contributed by atoms with Crippen LogP contribution in [-0.2, 0) is 40.8 Å². The average molecular weight is 712 g/mol. The highest BCUT2D eigenvalue weighted by molar-refractivity contribution is 7.91. The first-order valence-electron chi connectivity index (χ1n) is 12.6. The molecule has 0 saturated carbocycles. The van der Waals surface area contributed by atoms with Gasteiger partial charge >= 0.3 is 12.0 Å². The molecule has 3 heterocycles.